The van der Waals surface area contributed by atoms with E-state index in [1.807, 2.05) is 12.1 Å². The van der Waals surface area contributed by atoms with Crippen LogP contribution in [0.25, 0.3) is 17.2 Å². The van der Waals surface area contributed by atoms with Crippen LogP contribution in [0.15, 0.2) is 60.7 Å². The van der Waals surface area contributed by atoms with Gasteiger partial charge in [0.15, 0.2) is 0 Å². The van der Waals surface area contributed by atoms with Crippen molar-refractivity contribution in [3.05, 3.63) is 94.3 Å². The van der Waals surface area contributed by atoms with Crippen LogP contribution in [0.5, 0.6) is 5.75 Å². The monoisotopic (exact) mass is 458 g/mol. The Hall–Kier alpha value is -3.44. The Balaban J connectivity index is 1.45. The number of aryl methyl sites for hydroxylation is 2. The van der Waals surface area contributed by atoms with Gasteiger partial charge in [-0.3, -0.25) is 4.79 Å². The number of rotatable bonds is 8. The molecule has 0 bridgehead atoms. The molecule has 4 nitrogen and oxygen atoms in total. The third-order valence-corrected chi connectivity index (χ3v) is 6.28. The van der Waals surface area contributed by atoms with E-state index in [0.717, 1.165) is 18.4 Å². The lowest BCUT2D eigenvalue weighted by atomic mass is 9.90. The Morgan fingerprint density at radius 1 is 1.12 bits per heavy atom. The average molecular weight is 459 g/mol. The smallest absolute Gasteiger partial charge is 0.251 e. The van der Waals surface area contributed by atoms with Crippen molar-refractivity contribution >= 4 is 12.0 Å². The number of halogens is 1. The number of hydrogen-bond acceptors (Lipinski definition) is 3. The lowest BCUT2D eigenvalue weighted by Crippen LogP contribution is -2.25. The van der Waals surface area contributed by atoms with E-state index in [2.05, 4.69) is 47.9 Å². The van der Waals surface area contributed by atoms with Gasteiger partial charge in [-0.05, 0) is 84.3 Å². The summed E-state index contributed by atoms with van der Waals surface area (Å²) in [4.78, 5) is 12.3. The largest absolute Gasteiger partial charge is 0.492 e. The predicted octanol–water partition coefficient (Wildman–Crippen LogP) is 5.85. The molecule has 1 aliphatic carbocycles. The van der Waals surface area contributed by atoms with Crippen LogP contribution >= 0.6 is 0 Å². The summed E-state index contributed by atoms with van der Waals surface area (Å²) >= 11 is 0. The summed E-state index contributed by atoms with van der Waals surface area (Å²) in [5.41, 5.74) is 6.50. The fraction of sp³-hybridized carbons (Fsp3) is 0.276. The normalized spacial score (nSPS) is 13.3. The molecule has 2 N–H and O–H groups in total. The molecule has 0 saturated carbocycles. The molecule has 1 amide bonds. The van der Waals surface area contributed by atoms with E-state index in [0.29, 0.717) is 35.6 Å². The van der Waals surface area contributed by atoms with Crippen molar-refractivity contribution < 1.29 is 13.9 Å². The minimum atomic E-state index is -0.276. The number of fused-ring (bicyclic) bond motifs is 1. The first-order valence-corrected chi connectivity index (χ1v) is 11.7. The van der Waals surface area contributed by atoms with Gasteiger partial charge in [0.1, 0.15) is 18.2 Å². The van der Waals surface area contributed by atoms with Gasteiger partial charge in [0.25, 0.3) is 5.91 Å². The van der Waals surface area contributed by atoms with Crippen LogP contribution in [0.1, 0.15) is 52.0 Å². The Morgan fingerprint density at radius 2 is 1.97 bits per heavy atom. The highest BCUT2D eigenvalue weighted by atomic mass is 19.1. The molecule has 4 rings (SSSR count). The Labute approximate surface area is 200 Å². The molecule has 0 radical (unpaired) electrons. The molecule has 1 atom stereocenters. The molecule has 5 heteroatoms. The third kappa shape index (κ3) is 5.37. The molecule has 0 saturated heterocycles. The molecule has 0 unspecified atom stereocenters. The maximum absolute atomic E-state index is 14.1. The van der Waals surface area contributed by atoms with Gasteiger partial charge in [-0.25, -0.2) is 4.39 Å². The minimum absolute atomic E-state index is 0.185. The van der Waals surface area contributed by atoms with Crippen LogP contribution in [0.3, 0.4) is 0 Å². The molecule has 3 aromatic rings. The fourth-order valence-corrected chi connectivity index (χ4v) is 4.32. The predicted molar refractivity (Wildman–Crippen MR) is 136 cm³/mol. The van der Waals surface area contributed by atoms with Crippen LogP contribution < -0.4 is 15.4 Å². The second-order valence-corrected chi connectivity index (χ2v) is 8.67. The second kappa shape index (κ2) is 10.7. The standard InChI is InChI=1S/C29H31FN2O2/c1-19-11-12-22(18-28(19)30)23-15-24(29(33)31-3)17-25(16-23)34-14-13-32-20(2)26-10-6-8-21-7-4-5-9-27(21)26/h5-6,8-12,15-18,20,32H,4,7,13-14H2,1-3H3,(H,31,33)/t20-/m1/s1. The van der Waals surface area contributed by atoms with E-state index in [4.69, 9.17) is 4.74 Å². The molecule has 0 aromatic heterocycles. The highest BCUT2D eigenvalue weighted by molar-refractivity contribution is 5.95. The zero-order chi connectivity index (χ0) is 24.1. The maximum Gasteiger partial charge on any atom is 0.251 e. The summed E-state index contributed by atoms with van der Waals surface area (Å²) < 4.78 is 20.1. The van der Waals surface area contributed by atoms with Gasteiger partial charge in [-0.2, -0.15) is 0 Å². The number of allylic oxidation sites excluding steroid dienone is 1. The number of benzene rings is 3. The van der Waals surface area contributed by atoms with Crippen molar-refractivity contribution in [1.29, 1.82) is 0 Å². The van der Waals surface area contributed by atoms with Crippen molar-refractivity contribution in [2.45, 2.75) is 32.7 Å². The van der Waals surface area contributed by atoms with Crippen molar-refractivity contribution in [1.82, 2.24) is 10.6 Å². The number of carbonyl (C=O) groups excluding carboxylic acids is 1. The molecule has 176 valence electrons. The summed E-state index contributed by atoms with van der Waals surface area (Å²) in [6, 6.07) is 17.1. The molecule has 1 aliphatic rings. The maximum atomic E-state index is 14.1. The third-order valence-electron chi connectivity index (χ3n) is 6.28. The molecule has 0 fully saturated rings. The van der Waals surface area contributed by atoms with Gasteiger partial charge >= 0.3 is 0 Å². The average Bonchev–Trinajstić information content (AvgIpc) is 2.87. The van der Waals surface area contributed by atoms with Gasteiger partial charge < -0.3 is 15.4 Å². The first-order chi connectivity index (χ1) is 16.5. The van der Waals surface area contributed by atoms with Crippen molar-refractivity contribution in [3.63, 3.8) is 0 Å². The van der Waals surface area contributed by atoms with Crippen molar-refractivity contribution in [2.75, 3.05) is 20.2 Å². The minimum Gasteiger partial charge on any atom is -0.492 e. The van der Waals surface area contributed by atoms with Gasteiger partial charge in [0.2, 0.25) is 0 Å². The molecular formula is C29H31FN2O2. The summed E-state index contributed by atoms with van der Waals surface area (Å²) in [6.45, 7) is 4.97. The Morgan fingerprint density at radius 3 is 2.76 bits per heavy atom. The zero-order valence-electron chi connectivity index (χ0n) is 20.0. The first-order valence-electron chi connectivity index (χ1n) is 11.7. The second-order valence-electron chi connectivity index (χ2n) is 8.67. The number of nitrogens with one attached hydrogen (secondary N) is 2. The lowest BCUT2D eigenvalue weighted by molar-refractivity contribution is 0.0962. The molecule has 3 aromatic carbocycles. The molecule has 34 heavy (non-hydrogen) atoms. The van der Waals surface area contributed by atoms with Gasteiger partial charge in [0, 0.05) is 25.2 Å². The Kier molecular flexibility index (Phi) is 7.43. The quantitative estimate of drug-likeness (QED) is 0.416. The van der Waals surface area contributed by atoms with Crippen LogP contribution in [-0.2, 0) is 6.42 Å². The van der Waals surface area contributed by atoms with Crippen molar-refractivity contribution in [3.8, 4) is 16.9 Å². The highest BCUT2D eigenvalue weighted by Crippen LogP contribution is 2.29. The molecule has 0 heterocycles. The molecule has 0 aliphatic heterocycles. The van der Waals surface area contributed by atoms with E-state index in [-0.39, 0.29) is 17.8 Å². The summed E-state index contributed by atoms with van der Waals surface area (Å²) in [7, 11) is 1.59. The van der Waals surface area contributed by atoms with E-state index in [9.17, 15) is 9.18 Å². The fourth-order valence-electron chi connectivity index (χ4n) is 4.32. The summed E-state index contributed by atoms with van der Waals surface area (Å²) in [6.07, 6.45) is 6.64. The first kappa shape index (κ1) is 23.7. The zero-order valence-corrected chi connectivity index (χ0v) is 20.0. The van der Waals surface area contributed by atoms with E-state index in [1.54, 1.807) is 32.2 Å². The number of carbonyl (C=O) groups is 1. The van der Waals surface area contributed by atoms with E-state index < -0.39 is 0 Å². The number of amides is 1. The van der Waals surface area contributed by atoms with Gasteiger partial charge in [-0.1, -0.05) is 42.5 Å². The van der Waals surface area contributed by atoms with E-state index >= 15 is 0 Å². The highest BCUT2D eigenvalue weighted by Gasteiger charge is 2.14. The van der Waals surface area contributed by atoms with Crippen LogP contribution in [-0.4, -0.2) is 26.1 Å². The molecular weight excluding hydrogens is 427 g/mol. The van der Waals surface area contributed by atoms with Gasteiger partial charge in [0.05, 0.1) is 0 Å². The van der Waals surface area contributed by atoms with Crippen LogP contribution in [0.4, 0.5) is 4.39 Å². The number of hydrogen-bond donors (Lipinski definition) is 2. The van der Waals surface area contributed by atoms with Crippen LogP contribution in [0, 0.1) is 12.7 Å². The lowest BCUT2D eigenvalue weighted by Gasteiger charge is -2.21. The van der Waals surface area contributed by atoms with Crippen molar-refractivity contribution in [2.24, 2.45) is 0 Å². The topological polar surface area (TPSA) is 50.4 Å². The Bertz CT molecular complexity index is 1220. The SMILES string of the molecule is CNC(=O)c1cc(OCCN[C@H](C)c2cccc3c2C=CCC3)cc(-c2ccc(C)c(F)c2)c1. The van der Waals surface area contributed by atoms with Gasteiger partial charge in [-0.15, -0.1) is 0 Å². The van der Waals surface area contributed by atoms with Crippen LogP contribution in [0.2, 0.25) is 0 Å². The summed E-state index contributed by atoms with van der Waals surface area (Å²) in [5, 5.41) is 6.19. The van der Waals surface area contributed by atoms with E-state index in [1.165, 1.54) is 22.8 Å². The molecule has 0 spiro atoms. The summed E-state index contributed by atoms with van der Waals surface area (Å²) in [5.74, 6) is 0.0842. The number of ether oxygens (including phenoxy) is 1.